The summed E-state index contributed by atoms with van der Waals surface area (Å²) in [6, 6.07) is 47.0. The van der Waals surface area contributed by atoms with Crippen LogP contribution in [0.1, 0.15) is 107 Å². The van der Waals surface area contributed by atoms with Gasteiger partial charge in [0, 0.05) is 46.1 Å². The van der Waals surface area contributed by atoms with E-state index in [-0.39, 0.29) is 46.5 Å². The minimum absolute atomic E-state index is 0.121. The number of carbonyl (C=O) groups excluding carboxylic acids is 6. The smallest absolute Gasteiger partial charge is 0.343 e. The second-order valence-corrected chi connectivity index (χ2v) is 21.7. The van der Waals surface area contributed by atoms with Gasteiger partial charge in [-0.3, -0.25) is 34.5 Å². The van der Waals surface area contributed by atoms with Crippen molar-refractivity contribution in [3.05, 3.63) is 259 Å². The van der Waals surface area contributed by atoms with Crippen LogP contribution >= 0.6 is 0 Å². The van der Waals surface area contributed by atoms with Crippen LogP contribution in [0.4, 0.5) is 5.69 Å². The van der Waals surface area contributed by atoms with Gasteiger partial charge in [0.15, 0.2) is 12.2 Å². The summed E-state index contributed by atoms with van der Waals surface area (Å²) in [6.45, 7) is 7.82. The summed E-state index contributed by atoms with van der Waals surface area (Å²) in [5.41, 5.74) is 12.8. The van der Waals surface area contributed by atoms with Crippen molar-refractivity contribution in [2.75, 3.05) is 0 Å². The molecule has 83 heavy (non-hydrogen) atoms. The van der Waals surface area contributed by atoms with Crippen LogP contribution in [0.3, 0.4) is 0 Å². The van der Waals surface area contributed by atoms with Crippen molar-refractivity contribution in [3.63, 3.8) is 0 Å². The molecule has 416 valence electrons. The molecule has 0 N–H and O–H groups in total. The first-order chi connectivity index (χ1) is 39.9. The number of azide groups is 1. The number of hydrogen-bond acceptors (Lipinski definition) is 13. The van der Waals surface area contributed by atoms with E-state index in [0.29, 0.717) is 35.4 Å². The number of hydrogen-bond donors (Lipinski definition) is 0. The van der Waals surface area contributed by atoms with Gasteiger partial charge in [0.25, 0.3) is 17.5 Å². The number of esters is 3. The lowest BCUT2D eigenvalue weighted by molar-refractivity contribution is -0.384. The van der Waals surface area contributed by atoms with Crippen LogP contribution in [0, 0.1) is 20.9 Å². The van der Waals surface area contributed by atoms with Gasteiger partial charge in [-0.25, -0.2) is 14.4 Å². The topological polar surface area (TPSA) is 254 Å². The molecule has 4 aliphatic heterocycles. The second kappa shape index (κ2) is 23.4. The highest BCUT2D eigenvalue weighted by Crippen LogP contribution is 2.52. The molecule has 0 radical (unpaired) electrons. The van der Waals surface area contributed by atoms with E-state index in [1.165, 1.54) is 60.9 Å². The zero-order valence-corrected chi connectivity index (χ0v) is 45.4. The molecule has 0 saturated carbocycles. The average molecular weight is 1110 g/mol. The van der Waals surface area contributed by atoms with Gasteiger partial charge in [-0.1, -0.05) is 149 Å². The minimum Gasteiger partial charge on any atom is -0.451 e. The number of nitro groups is 1. The van der Waals surface area contributed by atoms with Gasteiger partial charge in [-0.05, 0) is 105 Å². The van der Waals surface area contributed by atoms with E-state index in [2.05, 4.69) is 20.0 Å². The highest BCUT2D eigenvalue weighted by atomic mass is 16.6. The Kier molecular flexibility index (Phi) is 15.7. The number of amides is 3. The molecule has 3 amide bonds. The van der Waals surface area contributed by atoms with Crippen LogP contribution in [0.15, 0.2) is 199 Å². The number of nitro benzene ring substituents is 1. The SMILES string of the molecule is CC1(C)CC2/C(=C\c3cc(C(=O)N=[N+]=[N-])ccn3)C(=O)N2[C@H]1C(=O)OC(c1ccccc1)c1ccccc1.CC1(C)CC2/C(=C\c3cc(C(=O)Oc4ccc([N+](=O)[O-])cc4)ccn3)C(=O)N2[C@H]1C(=O)OC(c1ccccc1)c1ccccc1. The van der Waals surface area contributed by atoms with Crippen molar-refractivity contribution in [2.24, 2.45) is 15.9 Å². The maximum atomic E-state index is 13.8. The molecule has 5 aromatic carbocycles. The van der Waals surface area contributed by atoms with Gasteiger partial charge < -0.3 is 24.0 Å². The Morgan fingerprint density at radius 3 is 1.39 bits per heavy atom. The number of rotatable bonds is 14. The molecule has 4 aliphatic rings. The molecule has 0 spiro atoms. The van der Waals surface area contributed by atoms with Crippen molar-refractivity contribution >= 4 is 53.5 Å². The largest absolute Gasteiger partial charge is 0.451 e. The van der Waals surface area contributed by atoms with Crippen molar-refractivity contribution in [1.82, 2.24) is 19.8 Å². The lowest BCUT2D eigenvalue weighted by Crippen LogP contribution is -2.58. The third-order valence-electron chi connectivity index (χ3n) is 15.2. The predicted octanol–water partition coefficient (Wildman–Crippen LogP) is 11.2. The molecule has 0 aliphatic carbocycles. The number of ether oxygens (including phenoxy) is 3. The lowest BCUT2D eigenvalue weighted by atomic mass is 9.83. The summed E-state index contributed by atoms with van der Waals surface area (Å²) >= 11 is 0. The Balaban J connectivity index is 0.000000188. The third-order valence-corrected chi connectivity index (χ3v) is 15.2. The Morgan fingerprint density at radius 1 is 0.614 bits per heavy atom. The normalized spacial score (nSPS) is 19.7. The zero-order chi connectivity index (χ0) is 58.6. The summed E-state index contributed by atoms with van der Waals surface area (Å²) in [5, 5.41) is 14.0. The van der Waals surface area contributed by atoms with Crippen LogP contribution in [-0.2, 0) is 28.7 Å². The molecule has 2 unspecified atom stereocenters. The maximum Gasteiger partial charge on any atom is 0.343 e. The van der Waals surface area contributed by atoms with Crippen molar-refractivity contribution in [1.29, 1.82) is 0 Å². The molecule has 19 nitrogen and oxygen atoms in total. The molecule has 0 bridgehead atoms. The first kappa shape index (κ1) is 55.9. The first-order valence-corrected chi connectivity index (χ1v) is 26.6. The van der Waals surface area contributed by atoms with Crippen LogP contribution in [0.5, 0.6) is 5.75 Å². The number of benzene rings is 5. The summed E-state index contributed by atoms with van der Waals surface area (Å²) in [6.07, 6.45) is 6.00. The molecule has 4 atom stereocenters. The summed E-state index contributed by atoms with van der Waals surface area (Å²) < 4.78 is 17.6. The Labute approximate surface area is 476 Å². The lowest BCUT2D eigenvalue weighted by Gasteiger charge is -2.41. The fourth-order valence-corrected chi connectivity index (χ4v) is 11.3. The van der Waals surface area contributed by atoms with E-state index in [0.717, 1.165) is 22.3 Å². The third kappa shape index (κ3) is 11.6. The molecule has 6 heterocycles. The van der Waals surface area contributed by atoms with Crippen LogP contribution < -0.4 is 4.74 Å². The van der Waals surface area contributed by atoms with E-state index in [1.807, 2.05) is 149 Å². The number of nitrogens with zero attached hydrogens (tertiary/aromatic N) is 8. The number of β-lactam (4-membered cyclic amide) rings is 2. The van der Waals surface area contributed by atoms with E-state index in [1.54, 1.807) is 22.0 Å². The van der Waals surface area contributed by atoms with E-state index < -0.39 is 63.9 Å². The van der Waals surface area contributed by atoms with Crippen LogP contribution in [0.2, 0.25) is 0 Å². The molecule has 11 rings (SSSR count). The summed E-state index contributed by atoms with van der Waals surface area (Å²) in [5.74, 6) is -2.74. The van der Waals surface area contributed by atoms with Crippen LogP contribution in [0.25, 0.3) is 22.6 Å². The van der Waals surface area contributed by atoms with E-state index in [4.69, 9.17) is 19.7 Å². The quantitative estimate of drug-likeness (QED) is 0.0113. The molecule has 2 aromatic heterocycles. The number of aromatic nitrogens is 2. The van der Waals surface area contributed by atoms with Gasteiger partial charge >= 0.3 is 17.9 Å². The standard InChI is InChI=1S/C35H29N3O7.C29H25N5O4/c1-35(2)21-29-28(20-25-19-24(17-18-36-25)33(40)44-27-15-13-26(14-16-27)38(42)43)32(39)37(29)31(35)34(41)45-30(22-9-5-3-6-10-22)23-11-7-4-8-12-23;1-29(2)17-23-22(16-21-15-20(13-14-31-21)26(35)32-33-30)27(36)34(23)25(29)28(37)38-24(18-9-5-3-6-10-18)19-11-7-4-8-12-19/h3-20,29-31H,21H2,1-2H3;3-16,23-25H,17H2,1-2H3/b28-20+;22-16+/t29?,31-;23?,25-/m00/s1. The van der Waals surface area contributed by atoms with E-state index >= 15 is 0 Å². The average Bonchev–Trinajstić information content (AvgIpc) is 1.87. The highest BCUT2D eigenvalue weighted by Gasteiger charge is 2.62. The van der Waals surface area contributed by atoms with Crippen molar-refractivity contribution in [2.45, 2.75) is 76.9 Å². The number of pyridine rings is 2. The fourth-order valence-electron chi connectivity index (χ4n) is 11.3. The number of non-ortho nitro benzene ring substituents is 1. The fraction of sp³-hybridized carbons (Fsp3) is 0.219. The predicted molar refractivity (Wildman–Crippen MR) is 303 cm³/mol. The molecule has 4 saturated heterocycles. The van der Waals surface area contributed by atoms with Crippen molar-refractivity contribution in [3.8, 4) is 5.75 Å². The van der Waals surface area contributed by atoms with Gasteiger partial charge in [-0.2, -0.15) is 0 Å². The van der Waals surface area contributed by atoms with Crippen molar-refractivity contribution < 1.29 is 47.9 Å². The number of fused-ring (bicyclic) bond motifs is 2. The summed E-state index contributed by atoms with van der Waals surface area (Å²) in [4.78, 5) is 104. The molecule has 19 heteroatoms. The number of carbonyl (C=O) groups is 6. The molecular weight excluding hydrogens is 1060 g/mol. The first-order valence-electron chi connectivity index (χ1n) is 26.6. The zero-order valence-electron chi connectivity index (χ0n) is 45.4. The van der Waals surface area contributed by atoms with Gasteiger partial charge in [0.1, 0.15) is 17.8 Å². The monoisotopic (exact) mass is 1110 g/mol. The second-order valence-electron chi connectivity index (χ2n) is 21.7. The van der Waals surface area contributed by atoms with Crippen LogP contribution in [-0.4, -0.2) is 84.5 Å². The maximum absolute atomic E-state index is 13.8. The minimum atomic E-state index is -0.780. The Hall–Kier alpha value is -10.4. The van der Waals surface area contributed by atoms with Gasteiger partial charge in [0.05, 0.1) is 34.0 Å². The molecule has 7 aromatic rings. The summed E-state index contributed by atoms with van der Waals surface area (Å²) in [7, 11) is 0. The Bertz CT molecular complexity index is 3700. The molecule has 4 fully saturated rings. The highest BCUT2D eigenvalue weighted by molar-refractivity contribution is 6.09. The van der Waals surface area contributed by atoms with E-state index in [9.17, 15) is 38.9 Å². The molecular formula is C64H54N8O11. The van der Waals surface area contributed by atoms with Gasteiger partial charge in [0.2, 0.25) is 5.91 Å². The Morgan fingerprint density at radius 2 is 1.00 bits per heavy atom. The van der Waals surface area contributed by atoms with Gasteiger partial charge in [-0.15, -0.1) is 0 Å².